The highest BCUT2D eigenvalue weighted by molar-refractivity contribution is 8.01. The minimum atomic E-state index is -0.630. The molecule has 0 bridgehead atoms. The van der Waals surface area contributed by atoms with Crippen molar-refractivity contribution in [1.82, 2.24) is 9.13 Å². The van der Waals surface area contributed by atoms with E-state index in [1.807, 2.05) is 17.5 Å². The van der Waals surface area contributed by atoms with Gasteiger partial charge in [-0.25, -0.2) is 4.79 Å². The number of nitro groups is 1. The fourth-order valence-electron chi connectivity index (χ4n) is 2.33. The van der Waals surface area contributed by atoms with E-state index in [1.165, 1.54) is 54.5 Å². The van der Waals surface area contributed by atoms with E-state index in [0.29, 0.717) is 4.90 Å². The Balaban J connectivity index is 1.87. The maximum Gasteiger partial charge on any atom is 0.331 e. The molecule has 0 radical (unpaired) electrons. The number of carbonyl (C=O) groups excluding carboxylic acids is 1. The van der Waals surface area contributed by atoms with Crippen LogP contribution in [0.5, 0.6) is 0 Å². The van der Waals surface area contributed by atoms with Crippen molar-refractivity contribution in [2.45, 2.75) is 15.6 Å². The molecule has 3 aromatic rings. The molecule has 0 aliphatic carbocycles. The van der Waals surface area contributed by atoms with Gasteiger partial charge in [-0.05, 0) is 17.5 Å². The second-order valence-electron chi connectivity index (χ2n) is 5.64. The van der Waals surface area contributed by atoms with Crippen LogP contribution in [-0.2, 0) is 18.4 Å². The molecule has 144 valence electrons. The Morgan fingerprint density at radius 3 is 2.75 bits per heavy atom. The molecule has 1 aromatic carbocycles. The third-order valence-electron chi connectivity index (χ3n) is 3.73. The van der Waals surface area contributed by atoms with Gasteiger partial charge in [0.15, 0.2) is 0 Å². The van der Waals surface area contributed by atoms with E-state index >= 15 is 0 Å². The molecule has 2 heterocycles. The van der Waals surface area contributed by atoms with Crippen molar-refractivity contribution < 1.29 is 9.72 Å². The van der Waals surface area contributed by atoms with E-state index in [1.54, 1.807) is 6.07 Å². The molecule has 0 saturated carbocycles. The molecule has 0 fully saturated rings. The molecule has 2 aromatic heterocycles. The first-order valence-electron chi connectivity index (χ1n) is 7.91. The first-order chi connectivity index (χ1) is 13.3. The zero-order chi connectivity index (χ0) is 20.3. The number of hydrogen-bond acceptors (Lipinski definition) is 7. The average Bonchev–Trinajstić information content (AvgIpc) is 3.16. The number of hydrogen-bond donors (Lipinski definition) is 1. The number of amides is 1. The number of thiophene rings is 1. The molecular formula is C17H14N4O5S2. The number of carbonyl (C=O) groups is 1. The molecular weight excluding hydrogens is 404 g/mol. The number of benzene rings is 1. The first-order valence-corrected chi connectivity index (χ1v) is 9.61. The van der Waals surface area contributed by atoms with Gasteiger partial charge in [-0.15, -0.1) is 11.3 Å². The van der Waals surface area contributed by atoms with E-state index in [-0.39, 0.29) is 17.9 Å². The van der Waals surface area contributed by atoms with Gasteiger partial charge in [-0.2, -0.15) is 0 Å². The van der Waals surface area contributed by atoms with Crippen molar-refractivity contribution in [1.29, 1.82) is 0 Å². The van der Waals surface area contributed by atoms with Crippen molar-refractivity contribution in [3.63, 3.8) is 0 Å². The Kier molecular flexibility index (Phi) is 5.76. The molecule has 0 aliphatic heterocycles. The topological polar surface area (TPSA) is 116 Å². The van der Waals surface area contributed by atoms with Gasteiger partial charge in [0.25, 0.3) is 11.2 Å². The molecule has 1 N–H and O–H groups in total. The summed E-state index contributed by atoms with van der Waals surface area (Å²) in [4.78, 5) is 47.1. The zero-order valence-electron chi connectivity index (χ0n) is 14.5. The smallest absolute Gasteiger partial charge is 0.323 e. The summed E-state index contributed by atoms with van der Waals surface area (Å²) < 4.78 is 2.93. The highest BCUT2D eigenvalue weighted by Gasteiger charge is 2.15. The molecule has 0 unspecified atom stereocenters. The molecule has 0 saturated heterocycles. The molecule has 3 rings (SSSR count). The van der Waals surface area contributed by atoms with Crippen LogP contribution in [0.4, 0.5) is 11.4 Å². The molecule has 11 heteroatoms. The molecule has 0 atom stereocenters. The summed E-state index contributed by atoms with van der Waals surface area (Å²) in [5, 5.41) is 15.6. The highest BCUT2D eigenvalue weighted by Crippen LogP contribution is 2.37. The molecule has 0 spiro atoms. The number of aromatic nitrogens is 2. The first kappa shape index (κ1) is 19.6. The van der Waals surface area contributed by atoms with Crippen LogP contribution >= 0.6 is 23.1 Å². The van der Waals surface area contributed by atoms with Crippen molar-refractivity contribution in [3.8, 4) is 0 Å². The predicted octanol–water partition coefficient (Wildman–Crippen LogP) is 2.31. The maximum absolute atomic E-state index is 12.4. The quantitative estimate of drug-likeness (QED) is 0.485. The van der Waals surface area contributed by atoms with Gasteiger partial charge in [-0.1, -0.05) is 17.8 Å². The van der Waals surface area contributed by atoms with Crippen LogP contribution in [-0.4, -0.2) is 20.0 Å². The van der Waals surface area contributed by atoms with E-state index in [2.05, 4.69) is 5.32 Å². The lowest BCUT2D eigenvalue weighted by atomic mass is 10.2. The summed E-state index contributed by atoms with van der Waals surface area (Å²) in [6.45, 7) is -0.335. The Morgan fingerprint density at radius 1 is 1.29 bits per heavy atom. The lowest BCUT2D eigenvalue weighted by molar-refractivity contribution is -0.384. The summed E-state index contributed by atoms with van der Waals surface area (Å²) in [7, 11) is 1.31. The van der Waals surface area contributed by atoms with Gasteiger partial charge in [-0.3, -0.25) is 28.8 Å². The lowest BCUT2D eigenvalue weighted by Gasteiger charge is -2.11. The predicted molar refractivity (Wildman–Crippen MR) is 106 cm³/mol. The summed E-state index contributed by atoms with van der Waals surface area (Å²) in [5.74, 6) is -0.547. The Hall–Kier alpha value is -3.18. The monoisotopic (exact) mass is 418 g/mol. The van der Waals surface area contributed by atoms with Gasteiger partial charge in [0.2, 0.25) is 5.91 Å². The second kappa shape index (κ2) is 8.23. The van der Waals surface area contributed by atoms with Crippen LogP contribution in [0.1, 0.15) is 0 Å². The highest BCUT2D eigenvalue weighted by atomic mass is 32.2. The van der Waals surface area contributed by atoms with Crippen LogP contribution in [0.3, 0.4) is 0 Å². The summed E-state index contributed by atoms with van der Waals surface area (Å²) >= 11 is 2.87. The number of rotatable bonds is 6. The van der Waals surface area contributed by atoms with Crippen molar-refractivity contribution >= 4 is 40.4 Å². The lowest BCUT2D eigenvalue weighted by Crippen LogP contribution is -2.39. The number of nitrogens with zero attached hydrogens (tertiary/aromatic N) is 3. The van der Waals surface area contributed by atoms with Gasteiger partial charge in [0.1, 0.15) is 6.54 Å². The number of nitro benzene ring substituents is 1. The van der Waals surface area contributed by atoms with Crippen LogP contribution < -0.4 is 16.6 Å². The SMILES string of the molecule is Cn1c(=O)ccn(CC(=O)Nc2cc([N+](=O)[O-])ccc2Sc2cccs2)c1=O. The number of anilines is 1. The van der Waals surface area contributed by atoms with Gasteiger partial charge in [0.05, 0.1) is 14.8 Å². The van der Waals surface area contributed by atoms with E-state index in [9.17, 15) is 24.5 Å². The fourth-order valence-corrected chi connectivity index (χ4v) is 4.13. The van der Waals surface area contributed by atoms with Crippen molar-refractivity contribution in [3.05, 3.63) is 78.9 Å². The minimum Gasteiger partial charge on any atom is -0.323 e. The Bertz CT molecular complexity index is 1150. The molecule has 1 amide bonds. The van der Waals surface area contributed by atoms with Gasteiger partial charge < -0.3 is 5.32 Å². The van der Waals surface area contributed by atoms with E-state index in [0.717, 1.165) is 13.3 Å². The van der Waals surface area contributed by atoms with E-state index in [4.69, 9.17) is 0 Å². The summed E-state index contributed by atoms with van der Waals surface area (Å²) in [6, 6.07) is 9.16. The van der Waals surface area contributed by atoms with Gasteiger partial charge >= 0.3 is 5.69 Å². The molecule has 0 aliphatic rings. The summed E-state index contributed by atoms with van der Waals surface area (Å²) in [5.41, 5.74) is -0.995. The zero-order valence-corrected chi connectivity index (χ0v) is 16.2. The Labute approximate surface area is 166 Å². The van der Waals surface area contributed by atoms with E-state index < -0.39 is 22.1 Å². The van der Waals surface area contributed by atoms with Crippen LogP contribution in [0, 0.1) is 10.1 Å². The standard InChI is InChI=1S/C17H14N4O5S2/c1-19-15(23)6-7-20(17(19)24)10-14(22)18-12-9-11(21(25)26)4-5-13(12)28-16-3-2-8-27-16/h2-9H,10H2,1H3,(H,18,22). The second-order valence-corrected chi connectivity index (χ2v) is 7.93. The van der Waals surface area contributed by atoms with Crippen LogP contribution in [0.25, 0.3) is 0 Å². The minimum absolute atomic E-state index is 0.162. The maximum atomic E-state index is 12.4. The van der Waals surface area contributed by atoms with Crippen LogP contribution in [0.2, 0.25) is 0 Å². The van der Waals surface area contributed by atoms with Gasteiger partial charge in [0, 0.05) is 36.3 Å². The largest absolute Gasteiger partial charge is 0.331 e. The third-order valence-corrected chi connectivity index (χ3v) is 5.84. The normalized spacial score (nSPS) is 10.6. The Morgan fingerprint density at radius 2 is 2.07 bits per heavy atom. The molecule has 28 heavy (non-hydrogen) atoms. The third kappa shape index (κ3) is 4.38. The summed E-state index contributed by atoms with van der Waals surface area (Å²) in [6.07, 6.45) is 1.24. The number of nitrogens with one attached hydrogen (secondary N) is 1. The van der Waals surface area contributed by atoms with Crippen molar-refractivity contribution in [2.75, 3.05) is 5.32 Å². The average molecular weight is 418 g/mol. The van der Waals surface area contributed by atoms with Crippen LogP contribution in [0.15, 0.2) is 66.7 Å². The van der Waals surface area contributed by atoms with Crippen molar-refractivity contribution in [2.24, 2.45) is 7.05 Å². The number of non-ortho nitro benzene ring substituents is 1. The fraction of sp³-hybridized carbons (Fsp3) is 0.118. The molecule has 9 nitrogen and oxygen atoms in total.